The van der Waals surface area contributed by atoms with Gasteiger partial charge in [-0.25, -0.2) is 9.37 Å². The summed E-state index contributed by atoms with van der Waals surface area (Å²) in [6, 6.07) is 17.2. The van der Waals surface area contributed by atoms with E-state index in [0.717, 1.165) is 47.5 Å². The van der Waals surface area contributed by atoms with E-state index in [-0.39, 0.29) is 5.82 Å². The maximum Gasteiger partial charge on any atom is 0.143 e. The van der Waals surface area contributed by atoms with Crippen LogP contribution in [0.3, 0.4) is 0 Å². The van der Waals surface area contributed by atoms with Crippen LogP contribution in [0.5, 0.6) is 0 Å². The predicted octanol–water partition coefficient (Wildman–Crippen LogP) is 6.96. The molecule has 0 aliphatic carbocycles. The van der Waals surface area contributed by atoms with Gasteiger partial charge in [0.05, 0.1) is 5.69 Å². The van der Waals surface area contributed by atoms with E-state index in [4.69, 9.17) is 4.98 Å². The Morgan fingerprint density at radius 3 is 2.54 bits per heavy atom. The largest absolute Gasteiger partial charge is 0.338 e. The van der Waals surface area contributed by atoms with Crippen LogP contribution in [0.4, 0.5) is 15.9 Å². The van der Waals surface area contributed by atoms with Crippen molar-refractivity contribution in [2.75, 3.05) is 5.32 Å². The van der Waals surface area contributed by atoms with Crippen LogP contribution in [0.15, 0.2) is 54.6 Å². The second-order valence-electron chi connectivity index (χ2n) is 6.55. The molecular formula is C22H18FI2N3. The Hall–Kier alpha value is -1.68. The second-order valence-corrected chi connectivity index (χ2v) is 8.88. The number of pyridine rings is 1. The SMILES string of the molecule is CCc1cccc2nc(-c3ccc(F)cc3I)c(Nc3c(C)cccc3I)n12. The number of imidazole rings is 1. The molecule has 0 amide bonds. The van der Waals surface area contributed by atoms with Gasteiger partial charge in [0.25, 0.3) is 0 Å². The highest BCUT2D eigenvalue weighted by atomic mass is 127. The molecule has 0 saturated heterocycles. The number of benzene rings is 2. The summed E-state index contributed by atoms with van der Waals surface area (Å²) >= 11 is 4.52. The lowest BCUT2D eigenvalue weighted by molar-refractivity contribution is 0.627. The fourth-order valence-corrected chi connectivity index (χ4v) is 4.83. The summed E-state index contributed by atoms with van der Waals surface area (Å²) in [7, 11) is 0. The van der Waals surface area contributed by atoms with Crippen molar-refractivity contribution in [2.45, 2.75) is 20.3 Å². The summed E-state index contributed by atoms with van der Waals surface area (Å²) in [5.74, 6) is 0.665. The minimum absolute atomic E-state index is 0.242. The van der Waals surface area contributed by atoms with Crippen molar-refractivity contribution in [1.29, 1.82) is 0 Å². The number of aryl methyl sites for hydroxylation is 2. The molecule has 0 bridgehead atoms. The first-order chi connectivity index (χ1) is 13.5. The third-order valence-electron chi connectivity index (χ3n) is 4.74. The van der Waals surface area contributed by atoms with Crippen LogP contribution in [0, 0.1) is 19.9 Å². The summed E-state index contributed by atoms with van der Waals surface area (Å²) in [6.45, 7) is 4.23. The van der Waals surface area contributed by atoms with Crippen LogP contribution in [0.2, 0.25) is 0 Å². The van der Waals surface area contributed by atoms with Crippen LogP contribution >= 0.6 is 45.2 Å². The van der Waals surface area contributed by atoms with Gasteiger partial charge in [-0.15, -0.1) is 0 Å². The first-order valence-electron chi connectivity index (χ1n) is 8.97. The number of rotatable bonds is 4. The average molecular weight is 597 g/mol. The Morgan fingerprint density at radius 2 is 1.82 bits per heavy atom. The molecule has 0 unspecified atom stereocenters. The number of aromatic nitrogens is 2. The first kappa shape index (κ1) is 19.6. The lowest BCUT2D eigenvalue weighted by Crippen LogP contribution is -2.04. The van der Waals surface area contributed by atoms with Crippen LogP contribution in [0.25, 0.3) is 16.9 Å². The van der Waals surface area contributed by atoms with Crippen molar-refractivity contribution in [3.63, 3.8) is 0 Å². The zero-order chi connectivity index (χ0) is 19.8. The third-order valence-corrected chi connectivity index (χ3v) is 6.53. The molecule has 1 N–H and O–H groups in total. The van der Waals surface area contributed by atoms with Crippen LogP contribution < -0.4 is 5.32 Å². The molecule has 2 aromatic carbocycles. The molecule has 0 fully saturated rings. The van der Waals surface area contributed by atoms with E-state index < -0.39 is 0 Å². The highest BCUT2D eigenvalue weighted by molar-refractivity contribution is 14.1. The predicted molar refractivity (Wildman–Crippen MR) is 130 cm³/mol. The smallest absolute Gasteiger partial charge is 0.143 e. The molecule has 6 heteroatoms. The number of nitrogens with one attached hydrogen (secondary N) is 1. The number of fused-ring (bicyclic) bond motifs is 1. The number of para-hydroxylation sites is 1. The van der Waals surface area contributed by atoms with E-state index >= 15 is 0 Å². The Morgan fingerprint density at radius 1 is 1.04 bits per heavy atom. The molecule has 3 nitrogen and oxygen atoms in total. The zero-order valence-electron chi connectivity index (χ0n) is 15.4. The number of anilines is 2. The molecule has 0 aliphatic heterocycles. The van der Waals surface area contributed by atoms with Gasteiger partial charge in [0.15, 0.2) is 0 Å². The Kier molecular flexibility index (Phi) is 5.59. The molecule has 2 aromatic heterocycles. The van der Waals surface area contributed by atoms with E-state index in [1.807, 2.05) is 12.1 Å². The summed E-state index contributed by atoms with van der Waals surface area (Å²) in [4.78, 5) is 4.91. The lowest BCUT2D eigenvalue weighted by atomic mass is 10.1. The fourth-order valence-electron chi connectivity index (χ4n) is 3.33. The molecular weight excluding hydrogens is 579 g/mol. The molecule has 142 valence electrons. The van der Waals surface area contributed by atoms with Crippen molar-refractivity contribution in [1.82, 2.24) is 9.38 Å². The highest BCUT2D eigenvalue weighted by Crippen LogP contribution is 2.36. The van der Waals surface area contributed by atoms with Gasteiger partial charge in [-0.2, -0.15) is 0 Å². The minimum Gasteiger partial charge on any atom is -0.338 e. The third kappa shape index (κ3) is 3.52. The van der Waals surface area contributed by atoms with Crippen molar-refractivity contribution in [2.24, 2.45) is 0 Å². The number of hydrogen-bond acceptors (Lipinski definition) is 2. The van der Waals surface area contributed by atoms with Gasteiger partial charge in [0, 0.05) is 18.4 Å². The van der Waals surface area contributed by atoms with E-state index in [2.05, 4.69) is 93.0 Å². The fraction of sp³-hybridized carbons (Fsp3) is 0.136. The van der Waals surface area contributed by atoms with Gasteiger partial charge < -0.3 is 5.32 Å². The van der Waals surface area contributed by atoms with Gasteiger partial charge in [-0.3, -0.25) is 4.40 Å². The number of hydrogen-bond donors (Lipinski definition) is 1. The standard InChI is InChI=1S/C22H18FI2N3/c1-3-15-7-5-9-19-26-21(16-11-10-14(23)12-18(16)25)22(28(15)19)27-20-13(2)6-4-8-17(20)24/h4-12,27H,3H2,1-2H3. The quantitative estimate of drug-likeness (QED) is 0.258. The van der Waals surface area contributed by atoms with E-state index in [9.17, 15) is 4.39 Å². The number of halogens is 3. The number of nitrogens with zero attached hydrogens (tertiary/aromatic N) is 2. The molecule has 4 aromatic rings. The van der Waals surface area contributed by atoms with Gasteiger partial charge in [-0.1, -0.05) is 25.1 Å². The van der Waals surface area contributed by atoms with Crippen LogP contribution in [0.1, 0.15) is 18.2 Å². The molecule has 0 spiro atoms. The van der Waals surface area contributed by atoms with Crippen molar-refractivity contribution in [3.05, 3.63) is 78.8 Å². The molecule has 0 saturated carbocycles. The Balaban J connectivity index is 2.01. The van der Waals surface area contributed by atoms with Gasteiger partial charge in [-0.05, 0) is 100 Å². The van der Waals surface area contributed by atoms with Crippen molar-refractivity contribution >= 4 is 62.3 Å². The molecule has 2 heterocycles. The monoisotopic (exact) mass is 597 g/mol. The summed E-state index contributed by atoms with van der Waals surface area (Å²) < 4.78 is 17.8. The summed E-state index contributed by atoms with van der Waals surface area (Å²) in [6.07, 6.45) is 0.882. The van der Waals surface area contributed by atoms with E-state index in [0.29, 0.717) is 0 Å². The average Bonchev–Trinajstić information content (AvgIpc) is 3.03. The van der Waals surface area contributed by atoms with Crippen LogP contribution in [-0.4, -0.2) is 9.38 Å². The van der Waals surface area contributed by atoms with Crippen molar-refractivity contribution in [3.8, 4) is 11.3 Å². The molecule has 0 atom stereocenters. The highest BCUT2D eigenvalue weighted by Gasteiger charge is 2.19. The Bertz CT molecular complexity index is 1160. The molecule has 0 aliphatic rings. The first-order valence-corrected chi connectivity index (χ1v) is 11.1. The van der Waals surface area contributed by atoms with E-state index in [1.165, 1.54) is 11.8 Å². The van der Waals surface area contributed by atoms with Crippen molar-refractivity contribution < 1.29 is 4.39 Å². The zero-order valence-corrected chi connectivity index (χ0v) is 19.7. The Labute approximate surface area is 190 Å². The van der Waals surface area contributed by atoms with E-state index in [1.54, 1.807) is 12.1 Å². The normalized spacial score (nSPS) is 11.2. The molecule has 4 rings (SSSR count). The molecule has 28 heavy (non-hydrogen) atoms. The maximum atomic E-state index is 13.7. The maximum absolute atomic E-state index is 13.7. The van der Waals surface area contributed by atoms with Gasteiger partial charge >= 0.3 is 0 Å². The lowest BCUT2D eigenvalue weighted by Gasteiger charge is -2.15. The summed E-state index contributed by atoms with van der Waals surface area (Å²) in [5, 5.41) is 3.64. The van der Waals surface area contributed by atoms with Crippen LogP contribution in [-0.2, 0) is 6.42 Å². The van der Waals surface area contributed by atoms with Gasteiger partial charge in [0.1, 0.15) is 23.0 Å². The topological polar surface area (TPSA) is 29.3 Å². The second kappa shape index (κ2) is 7.98. The summed E-state index contributed by atoms with van der Waals surface area (Å²) in [5.41, 5.74) is 6.01. The van der Waals surface area contributed by atoms with Gasteiger partial charge in [0.2, 0.25) is 0 Å². The minimum atomic E-state index is -0.242. The molecule has 0 radical (unpaired) electrons.